The third-order valence-electron chi connectivity index (χ3n) is 4.50. The van der Waals surface area contributed by atoms with Crippen molar-refractivity contribution >= 4 is 17.8 Å². The number of carbonyl (C=O) groups is 3. The molecule has 1 saturated heterocycles. The molecule has 0 unspecified atom stereocenters. The van der Waals surface area contributed by atoms with E-state index in [1.807, 2.05) is 36.4 Å². The highest BCUT2D eigenvalue weighted by Crippen LogP contribution is 2.14. The van der Waals surface area contributed by atoms with Gasteiger partial charge < -0.3 is 14.2 Å². The highest BCUT2D eigenvalue weighted by molar-refractivity contribution is 6.01. The van der Waals surface area contributed by atoms with Crippen LogP contribution < -0.4 is 0 Å². The van der Waals surface area contributed by atoms with Gasteiger partial charge in [0.25, 0.3) is 0 Å². The van der Waals surface area contributed by atoms with Gasteiger partial charge in [0.05, 0.1) is 12.8 Å². The predicted octanol–water partition coefficient (Wildman–Crippen LogP) is 2.48. The van der Waals surface area contributed by atoms with Crippen molar-refractivity contribution in [2.45, 2.75) is 25.9 Å². The number of nitrogens with zero attached hydrogens (tertiary/aromatic N) is 3. The van der Waals surface area contributed by atoms with E-state index in [1.54, 1.807) is 24.3 Å². The number of furan rings is 1. The molecule has 27 heavy (non-hydrogen) atoms. The molecule has 1 aromatic carbocycles. The van der Waals surface area contributed by atoms with Gasteiger partial charge in [0, 0.05) is 26.6 Å². The third kappa shape index (κ3) is 4.75. The van der Waals surface area contributed by atoms with Crippen LogP contribution in [0.5, 0.6) is 0 Å². The van der Waals surface area contributed by atoms with E-state index in [4.69, 9.17) is 4.42 Å². The molecular formula is C20H23N3O4. The van der Waals surface area contributed by atoms with Gasteiger partial charge in [-0.2, -0.15) is 0 Å². The first-order chi connectivity index (χ1) is 13.0. The first-order valence-electron chi connectivity index (χ1n) is 8.94. The van der Waals surface area contributed by atoms with Crippen LogP contribution in [0.15, 0.2) is 53.1 Å². The summed E-state index contributed by atoms with van der Waals surface area (Å²) < 4.78 is 5.38. The van der Waals surface area contributed by atoms with E-state index in [1.165, 1.54) is 9.80 Å². The van der Waals surface area contributed by atoms with Crippen LogP contribution in [0.25, 0.3) is 0 Å². The second-order valence-electron chi connectivity index (χ2n) is 6.60. The molecule has 0 aliphatic carbocycles. The summed E-state index contributed by atoms with van der Waals surface area (Å²) in [5.74, 6) is 0.459. The molecule has 7 nitrogen and oxygen atoms in total. The number of hydrogen-bond donors (Lipinski definition) is 0. The van der Waals surface area contributed by atoms with Crippen molar-refractivity contribution in [3.63, 3.8) is 0 Å². The van der Waals surface area contributed by atoms with E-state index >= 15 is 0 Å². The monoisotopic (exact) mass is 369 g/mol. The van der Waals surface area contributed by atoms with Crippen LogP contribution in [-0.2, 0) is 22.7 Å². The molecule has 7 heteroatoms. The summed E-state index contributed by atoms with van der Waals surface area (Å²) in [6.07, 6.45) is 2.28. The molecule has 0 N–H and O–H groups in total. The van der Waals surface area contributed by atoms with Crippen molar-refractivity contribution in [2.75, 3.05) is 20.1 Å². The van der Waals surface area contributed by atoms with E-state index in [0.717, 1.165) is 5.56 Å². The normalized spacial score (nSPS) is 14.1. The van der Waals surface area contributed by atoms with Gasteiger partial charge in [-0.15, -0.1) is 0 Å². The Labute approximate surface area is 158 Å². The number of rotatable bonds is 8. The van der Waals surface area contributed by atoms with Gasteiger partial charge >= 0.3 is 6.03 Å². The maximum Gasteiger partial charge on any atom is 0.326 e. The number of benzene rings is 1. The Hall–Kier alpha value is -3.09. The Morgan fingerprint density at radius 1 is 1.11 bits per heavy atom. The number of urea groups is 1. The Balaban J connectivity index is 1.58. The second kappa shape index (κ2) is 8.53. The van der Waals surface area contributed by atoms with Crippen LogP contribution in [-0.4, -0.2) is 52.7 Å². The van der Waals surface area contributed by atoms with Gasteiger partial charge in [0.1, 0.15) is 12.3 Å². The molecule has 2 heterocycles. The van der Waals surface area contributed by atoms with Gasteiger partial charge in [-0.05, 0) is 24.1 Å². The summed E-state index contributed by atoms with van der Waals surface area (Å²) in [5, 5.41) is 0. The van der Waals surface area contributed by atoms with Gasteiger partial charge in [0.15, 0.2) is 0 Å². The maximum atomic E-state index is 12.8. The Bertz CT molecular complexity index is 789. The summed E-state index contributed by atoms with van der Waals surface area (Å²) in [5.41, 5.74) is 1.03. The molecule has 1 fully saturated rings. The fourth-order valence-corrected chi connectivity index (χ4v) is 3.06. The zero-order valence-electron chi connectivity index (χ0n) is 15.3. The quantitative estimate of drug-likeness (QED) is 0.670. The molecule has 3 rings (SSSR count). The summed E-state index contributed by atoms with van der Waals surface area (Å²) in [6, 6.07) is 13.1. The average molecular weight is 369 g/mol. The molecule has 0 saturated carbocycles. The zero-order valence-corrected chi connectivity index (χ0v) is 15.3. The highest BCUT2D eigenvalue weighted by Gasteiger charge is 2.33. The first-order valence-corrected chi connectivity index (χ1v) is 8.94. The van der Waals surface area contributed by atoms with Crippen LogP contribution in [0.3, 0.4) is 0 Å². The largest absolute Gasteiger partial charge is 0.467 e. The van der Waals surface area contributed by atoms with Crippen molar-refractivity contribution in [3.8, 4) is 0 Å². The maximum absolute atomic E-state index is 12.8. The van der Waals surface area contributed by atoms with Crippen molar-refractivity contribution in [1.82, 2.24) is 14.7 Å². The van der Waals surface area contributed by atoms with Crippen LogP contribution >= 0.6 is 0 Å². The van der Waals surface area contributed by atoms with E-state index < -0.39 is 0 Å². The van der Waals surface area contributed by atoms with Gasteiger partial charge in [-0.1, -0.05) is 30.3 Å². The topological polar surface area (TPSA) is 74.1 Å². The third-order valence-corrected chi connectivity index (χ3v) is 4.50. The lowest BCUT2D eigenvalue weighted by atomic mass is 10.2. The number of carbonyl (C=O) groups excluding carboxylic acids is 3. The summed E-state index contributed by atoms with van der Waals surface area (Å²) >= 11 is 0. The molecule has 1 aromatic heterocycles. The van der Waals surface area contributed by atoms with Crippen LogP contribution in [0, 0.1) is 0 Å². The van der Waals surface area contributed by atoms with Crippen molar-refractivity contribution < 1.29 is 18.8 Å². The number of likely N-dealkylation sites (N-methyl/N-ethyl adjacent to an activating group) is 1. The minimum atomic E-state index is -0.302. The van der Waals surface area contributed by atoms with Crippen LogP contribution in [0.1, 0.15) is 24.2 Å². The zero-order chi connectivity index (χ0) is 19.2. The van der Waals surface area contributed by atoms with E-state index in [0.29, 0.717) is 25.3 Å². The van der Waals surface area contributed by atoms with Gasteiger partial charge in [-0.25, -0.2) is 4.79 Å². The lowest BCUT2D eigenvalue weighted by Gasteiger charge is -2.22. The second-order valence-corrected chi connectivity index (χ2v) is 6.60. The summed E-state index contributed by atoms with van der Waals surface area (Å²) in [6.45, 7) is 1.22. The SMILES string of the molecule is CN1CC(=O)N(CCCC(=O)N(Cc2ccccc2)Cc2ccco2)C1=O. The van der Waals surface area contributed by atoms with Gasteiger partial charge in [0.2, 0.25) is 11.8 Å². The lowest BCUT2D eigenvalue weighted by molar-refractivity contribution is -0.133. The molecule has 2 aromatic rings. The number of amides is 4. The van der Waals surface area contributed by atoms with Crippen molar-refractivity contribution in [3.05, 3.63) is 60.1 Å². The summed E-state index contributed by atoms with van der Waals surface area (Å²) in [4.78, 5) is 40.8. The highest BCUT2D eigenvalue weighted by atomic mass is 16.3. The molecule has 0 radical (unpaired) electrons. The minimum absolute atomic E-state index is 0.0392. The van der Waals surface area contributed by atoms with E-state index in [-0.39, 0.29) is 37.4 Å². The fourth-order valence-electron chi connectivity index (χ4n) is 3.06. The number of imide groups is 1. The lowest BCUT2D eigenvalue weighted by Crippen LogP contribution is -2.34. The summed E-state index contributed by atoms with van der Waals surface area (Å²) in [7, 11) is 1.59. The Kier molecular flexibility index (Phi) is 5.90. The minimum Gasteiger partial charge on any atom is -0.467 e. The molecule has 142 valence electrons. The predicted molar refractivity (Wildman–Crippen MR) is 98.4 cm³/mol. The standard InChI is InChI=1S/C20H23N3O4/c1-21-15-19(25)23(20(21)26)11-5-10-18(24)22(14-17-9-6-12-27-17)13-16-7-3-2-4-8-16/h2-4,6-9,12H,5,10-11,13-15H2,1H3. The van der Waals surface area contributed by atoms with Crippen molar-refractivity contribution in [2.24, 2.45) is 0 Å². The average Bonchev–Trinajstić information content (AvgIpc) is 3.25. The first kappa shape index (κ1) is 18.7. The molecule has 0 bridgehead atoms. The van der Waals surface area contributed by atoms with Crippen molar-refractivity contribution in [1.29, 1.82) is 0 Å². The molecular weight excluding hydrogens is 346 g/mol. The smallest absolute Gasteiger partial charge is 0.326 e. The molecule has 4 amide bonds. The number of hydrogen-bond acceptors (Lipinski definition) is 4. The molecule has 0 spiro atoms. The Morgan fingerprint density at radius 2 is 1.89 bits per heavy atom. The fraction of sp³-hybridized carbons (Fsp3) is 0.350. The van der Waals surface area contributed by atoms with E-state index in [2.05, 4.69) is 0 Å². The van der Waals surface area contributed by atoms with Crippen LogP contribution in [0.2, 0.25) is 0 Å². The van der Waals surface area contributed by atoms with E-state index in [9.17, 15) is 14.4 Å². The van der Waals surface area contributed by atoms with Crippen LogP contribution in [0.4, 0.5) is 4.79 Å². The van der Waals surface area contributed by atoms with Gasteiger partial charge in [-0.3, -0.25) is 14.5 Å². The molecule has 1 aliphatic heterocycles. The molecule has 1 aliphatic rings. The molecule has 0 atom stereocenters. The Morgan fingerprint density at radius 3 is 2.52 bits per heavy atom.